The fourth-order valence-electron chi connectivity index (χ4n) is 4.81. The molecule has 3 heterocycles. The molecule has 2 saturated heterocycles. The van der Waals surface area contributed by atoms with Crippen molar-refractivity contribution < 1.29 is 14.4 Å². The number of likely N-dealkylation sites (tertiary alicyclic amines) is 1. The minimum atomic E-state index is -0.610. The van der Waals surface area contributed by atoms with Crippen molar-refractivity contribution in [3.05, 3.63) is 35.4 Å². The maximum Gasteiger partial charge on any atom is 0.236 e. The fraction of sp³-hybridized carbons (Fsp3) is 0.476. The Labute approximate surface area is 153 Å². The number of rotatable bonds is 1. The first kappa shape index (κ1) is 17.0. The fourth-order valence-corrected chi connectivity index (χ4v) is 4.81. The molecule has 136 valence electrons. The van der Waals surface area contributed by atoms with Crippen LogP contribution in [0.3, 0.4) is 0 Å². The highest BCUT2D eigenvalue weighted by Crippen LogP contribution is 2.49. The van der Waals surface area contributed by atoms with Crippen LogP contribution in [0.4, 0.5) is 5.69 Å². The van der Waals surface area contributed by atoms with Crippen LogP contribution in [0.25, 0.3) is 6.08 Å². The summed E-state index contributed by atoms with van der Waals surface area (Å²) < 4.78 is 0. The summed E-state index contributed by atoms with van der Waals surface area (Å²) in [7, 11) is 0. The van der Waals surface area contributed by atoms with Crippen LogP contribution in [-0.4, -0.2) is 40.1 Å². The van der Waals surface area contributed by atoms with E-state index < -0.39 is 23.4 Å². The van der Waals surface area contributed by atoms with Crippen LogP contribution in [0.15, 0.2) is 24.3 Å². The third kappa shape index (κ3) is 2.12. The molecule has 4 atom stereocenters. The number of carbonyl (C=O) groups is 3. The number of imide groups is 1. The monoisotopic (exact) mass is 352 g/mol. The average Bonchev–Trinajstić information content (AvgIpc) is 3.00. The highest BCUT2D eigenvalue weighted by atomic mass is 16.2. The van der Waals surface area contributed by atoms with Crippen molar-refractivity contribution in [1.29, 1.82) is 0 Å². The lowest BCUT2D eigenvalue weighted by atomic mass is 9.88. The molecule has 0 N–H and O–H groups in total. The van der Waals surface area contributed by atoms with Crippen LogP contribution in [0.2, 0.25) is 0 Å². The summed E-state index contributed by atoms with van der Waals surface area (Å²) in [4.78, 5) is 42.3. The minimum absolute atomic E-state index is 0.0683. The zero-order valence-electron chi connectivity index (χ0n) is 15.8. The molecule has 1 aromatic carbocycles. The Morgan fingerprint density at radius 1 is 1.08 bits per heavy atom. The first-order chi connectivity index (χ1) is 12.1. The van der Waals surface area contributed by atoms with E-state index in [1.54, 1.807) is 0 Å². The normalized spacial score (nSPS) is 29.7. The van der Waals surface area contributed by atoms with Gasteiger partial charge in [0.25, 0.3) is 0 Å². The molecule has 0 saturated carbocycles. The molecule has 5 nitrogen and oxygen atoms in total. The highest BCUT2D eigenvalue weighted by molar-refractivity contribution is 6.11. The van der Waals surface area contributed by atoms with Crippen LogP contribution >= 0.6 is 0 Å². The minimum Gasteiger partial charge on any atom is -0.353 e. The van der Waals surface area contributed by atoms with Gasteiger partial charge in [-0.05, 0) is 52.3 Å². The Bertz CT molecular complexity index is 864. The van der Waals surface area contributed by atoms with Gasteiger partial charge in [-0.15, -0.1) is 0 Å². The number of ketones is 1. The summed E-state index contributed by atoms with van der Waals surface area (Å²) in [6.07, 6.45) is 4.00. The summed E-state index contributed by atoms with van der Waals surface area (Å²) in [5, 5.41) is 0. The number of nitrogens with zero attached hydrogens (tertiary/aromatic N) is 2. The number of benzene rings is 1. The van der Waals surface area contributed by atoms with E-state index in [-0.39, 0.29) is 23.6 Å². The molecule has 0 aliphatic carbocycles. The van der Waals surface area contributed by atoms with Gasteiger partial charge in [0.1, 0.15) is 6.04 Å². The van der Waals surface area contributed by atoms with Crippen LogP contribution in [0, 0.1) is 18.8 Å². The Balaban J connectivity index is 1.86. The smallest absolute Gasteiger partial charge is 0.236 e. The van der Waals surface area contributed by atoms with Crippen LogP contribution in [0.1, 0.15) is 38.8 Å². The van der Waals surface area contributed by atoms with Gasteiger partial charge in [0, 0.05) is 11.2 Å². The van der Waals surface area contributed by atoms with E-state index in [2.05, 4.69) is 6.07 Å². The van der Waals surface area contributed by atoms with Gasteiger partial charge in [-0.1, -0.05) is 23.8 Å². The Kier molecular flexibility index (Phi) is 3.46. The maximum atomic E-state index is 13.2. The predicted octanol–water partition coefficient (Wildman–Crippen LogP) is 2.57. The quantitative estimate of drug-likeness (QED) is 0.729. The molecule has 2 fully saturated rings. The molecule has 3 aliphatic heterocycles. The second-order valence-electron chi connectivity index (χ2n) is 8.61. The highest BCUT2D eigenvalue weighted by Gasteiger charge is 2.64. The Hall–Kier alpha value is -2.43. The van der Waals surface area contributed by atoms with Gasteiger partial charge in [0.15, 0.2) is 5.78 Å². The first-order valence-electron chi connectivity index (χ1n) is 9.08. The standard InChI is InChI=1S/C21H24N2O3/c1-11-6-8-14-13(10-11)7-9-15-16-17(18(12(2)24)22(14)15)20(26)23(19(16)25)21(3,4)5/h6-10,15-18H,1-5H3/t15-,16-,17+,18-/m1/s1. The number of hydrogen-bond acceptors (Lipinski definition) is 4. The molecule has 0 radical (unpaired) electrons. The second kappa shape index (κ2) is 5.29. The predicted molar refractivity (Wildman–Crippen MR) is 99.5 cm³/mol. The summed E-state index contributed by atoms with van der Waals surface area (Å²) in [6.45, 7) is 9.13. The third-order valence-electron chi connectivity index (χ3n) is 5.75. The van der Waals surface area contributed by atoms with Crippen LogP contribution < -0.4 is 4.90 Å². The molecule has 0 aromatic heterocycles. The van der Waals surface area contributed by atoms with Crippen molar-refractivity contribution in [3.63, 3.8) is 0 Å². The molecule has 3 aliphatic rings. The summed E-state index contributed by atoms with van der Waals surface area (Å²) in [6, 6.07) is 5.21. The van der Waals surface area contributed by atoms with Crippen molar-refractivity contribution in [1.82, 2.24) is 4.90 Å². The molecule has 0 spiro atoms. The number of amides is 2. The van der Waals surface area contributed by atoms with Crippen molar-refractivity contribution in [2.45, 2.75) is 52.2 Å². The van der Waals surface area contributed by atoms with E-state index in [0.29, 0.717) is 0 Å². The molecule has 0 unspecified atom stereocenters. The summed E-state index contributed by atoms with van der Waals surface area (Å²) in [5.74, 6) is -1.56. The third-order valence-corrected chi connectivity index (χ3v) is 5.75. The number of carbonyl (C=O) groups excluding carboxylic acids is 3. The second-order valence-corrected chi connectivity index (χ2v) is 8.61. The molecule has 5 heteroatoms. The largest absolute Gasteiger partial charge is 0.353 e. The SMILES string of the molecule is CC(=O)[C@@H]1[C@H]2C(=O)N(C(C)(C)C)C(=O)[C@@H]2[C@H]2C=Cc3cc(C)ccc3N21. The topological polar surface area (TPSA) is 57.7 Å². The van der Waals surface area contributed by atoms with E-state index in [4.69, 9.17) is 0 Å². The Morgan fingerprint density at radius 2 is 1.73 bits per heavy atom. The lowest BCUT2D eigenvalue weighted by molar-refractivity contribution is -0.146. The zero-order chi connectivity index (χ0) is 19.0. The van der Waals surface area contributed by atoms with E-state index in [9.17, 15) is 14.4 Å². The Morgan fingerprint density at radius 3 is 2.35 bits per heavy atom. The number of hydrogen-bond donors (Lipinski definition) is 0. The number of fused-ring (bicyclic) bond motifs is 5. The van der Waals surface area contributed by atoms with E-state index in [1.807, 2.05) is 56.9 Å². The van der Waals surface area contributed by atoms with Gasteiger partial charge in [-0.25, -0.2) is 0 Å². The van der Waals surface area contributed by atoms with Gasteiger partial charge in [0.05, 0.1) is 17.9 Å². The first-order valence-corrected chi connectivity index (χ1v) is 9.08. The number of aryl methyl sites for hydroxylation is 1. The molecule has 0 bridgehead atoms. The molecular weight excluding hydrogens is 328 g/mol. The lowest BCUT2D eigenvalue weighted by Gasteiger charge is -2.38. The van der Waals surface area contributed by atoms with Crippen LogP contribution in [-0.2, 0) is 14.4 Å². The molecule has 26 heavy (non-hydrogen) atoms. The number of Topliss-reactive ketones (excluding diaryl/α,β-unsaturated/α-hetero) is 1. The van der Waals surface area contributed by atoms with Gasteiger partial charge in [0.2, 0.25) is 11.8 Å². The van der Waals surface area contributed by atoms with Crippen LogP contribution in [0.5, 0.6) is 0 Å². The molecule has 4 rings (SSSR count). The van der Waals surface area contributed by atoms with Gasteiger partial charge in [-0.3, -0.25) is 19.3 Å². The number of anilines is 1. The van der Waals surface area contributed by atoms with Crippen molar-refractivity contribution in [2.24, 2.45) is 11.8 Å². The van der Waals surface area contributed by atoms with Crippen molar-refractivity contribution in [3.8, 4) is 0 Å². The van der Waals surface area contributed by atoms with Gasteiger partial charge in [-0.2, -0.15) is 0 Å². The van der Waals surface area contributed by atoms with Crippen molar-refractivity contribution >= 4 is 29.4 Å². The van der Waals surface area contributed by atoms with E-state index in [1.165, 1.54) is 11.8 Å². The van der Waals surface area contributed by atoms with E-state index >= 15 is 0 Å². The zero-order valence-corrected chi connectivity index (χ0v) is 15.8. The van der Waals surface area contributed by atoms with Gasteiger partial charge >= 0.3 is 0 Å². The summed E-state index contributed by atoms with van der Waals surface area (Å²) >= 11 is 0. The molecule has 1 aromatic rings. The maximum absolute atomic E-state index is 13.2. The lowest BCUT2D eigenvalue weighted by Crippen LogP contribution is -2.52. The molecule has 2 amide bonds. The van der Waals surface area contributed by atoms with E-state index in [0.717, 1.165) is 16.8 Å². The molecular formula is C21H24N2O3. The summed E-state index contributed by atoms with van der Waals surface area (Å²) in [5.41, 5.74) is 2.51. The average molecular weight is 352 g/mol. The van der Waals surface area contributed by atoms with Gasteiger partial charge < -0.3 is 4.90 Å². The van der Waals surface area contributed by atoms with Crippen molar-refractivity contribution in [2.75, 3.05) is 4.90 Å².